The van der Waals surface area contributed by atoms with Crippen LogP contribution in [0.2, 0.25) is 0 Å². The fraction of sp³-hybridized carbons (Fsp3) is 0.222. The lowest BCUT2D eigenvalue weighted by molar-refractivity contribution is -0.119. The number of nitriles is 1. The first-order valence-electron chi connectivity index (χ1n) is 7.30. The van der Waals surface area contributed by atoms with E-state index < -0.39 is 17.5 Å². The van der Waals surface area contributed by atoms with Gasteiger partial charge in [-0.3, -0.25) is 14.4 Å². The van der Waals surface area contributed by atoms with Crippen molar-refractivity contribution in [3.05, 3.63) is 57.3 Å². The summed E-state index contributed by atoms with van der Waals surface area (Å²) in [5, 5.41) is 11.9. The monoisotopic (exact) mass is 340 g/mol. The second kappa shape index (κ2) is 7.66. The number of rotatable bonds is 6. The van der Waals surface area contributed by atoms with Gasteiger partial charge in [0.15, 0.2) is 17.5 Å². The number of ketones is 2. The van der Waals surface area contributed by atoms with Crippen LogP contribution >= 0.6 is 11.3 Å². The molecule has 2 aromatic rings. The molecule has 1 atom stereocenters. The Morgan fingerprint density at radius 1 is 1.12 bits per heavy atom. The average molecular weight is 340 g/mol. The van der Waals surface area contributed by atoms with E-state index in [-0.39, 0.29) is 5.91 Å². The molecule has 0 saturated carbocycles. The van der Waals surface area contributed by atoms with Gasteiger partial charge in [-0.15, -0.1) is 11.3 Å². The molecule has 1 aromatic carbocycles. The van der Waals surface area contributed by atoms with E-state index in [0.717, 1.165) is 10.4 Å². The van der Waals surface area contributed by atoms with E-state index in [0.29, 0.717) is 17.0 Å². The minimum absolute atomic E-state index is 0.142. The molecule has 0 aliphatic rings. The molecule has 0 bridgehead atoms. The molecule has 0 aliphatic heterocycles. The number of Topliss-reactive ketones (excluding diaryl/α,β-unsaturated/α-hetero) is 2. The molecule has 1 amide bonds. The number of thiophene rings is 1. The Morgan fingerprint density at radius 2 is 1.79 bits per heavy atom. The highest BCUT2D eigenvalue weighted by molar-refractivity contribution is 7.14. The molecular formula is C18H16N2O3S. The number of hydrogen-bond acceptors (Lipinski definition) is 5. The van der Waals surface area contributed by atoms with Crippen LogP contribution in [0.4, 0.5) is 0 Å². The molecular weight excluding hydrogens is 324 g/mol. The summed E-state index contributed by atoms with van der Waals surface area (Å²) >= 11 is 1.27. The van der Waals surface area contributed by atoms with Crippen molar-refractivity contribution in [1.82, 2.24) is 5.32 Å². The SMILES string of the molecule is CC(=O)NCc1ccc(C(=O)[C@@H](C#N)C(=O)c2ccc(C)s2)cc1. The summed E-state index contributed by atoms with van der Waals surface area (Å²) in [5.74, 6) is -2.47. The lowest BCUT2D eigenvalue weighted by atomic mass is 9.93. The van der Waals surface area contributed by atoms with Crippen LogP contribution in [0.25, 0.3) is 0 Å². The fourth-order valence-corrected chi connectivity index (χ4v) is 2.96. The molecule has 1 heterocycles. The zero-order valence-corrected chi connectivity index (χ0v) is 14.1. The van der Waals surface area contributed by atoms with Crippen LogP contribution in [-0.4, -0.2) is 17.5 Å². The highest BCUT2D eigenvalue weighted by Gasteiger charge is 2.29. The Hall–Kier alpha value is -2.78. The largest absolute Gasteiger partial charge is 0.352 e. The van der Waals surface area contributed by atoms with Crippen LogP contribution in [0.1, 0.15) is 37.4 Å². The molecule has 2 rings (SSSR count). The summed E-state index contributed by atoms with van der Waals surface area (Å²) in [5.41, 5.74) is 1.13. The molecule has 0 saturated heterocycles. The topological polar surface area (TPSA) is 87.0 Å². The van der Waals surface area contributed by atoms with Crippen molar-refractivity contribution in [3.63, 3.8) is 0 Å². The summed E-state index contributed by atoms with van der Waals surface area (Å²) < 4.78 is 0. The summed E-state index contributed by atoms with van der Waals surface area (Å²) in [6.45, 7) is 3.64. The maximum Gasteiger partial charge on any atom is 0.217 e. The van der Waals surface area contributed by atoms with Crippen molar-refractivity contribution < 1.29 is 14.4 Å². The maximum atomic E-state index is 12.5. The van der Waals surface area contributed by atoms with Gasteiger partial charge in [0, 0.05) is 23.9 Å². The Balaban J connectivity index is 2.15. The average Bonchev–Trinajstić information content (AvgIpc) is 3.00. The van der Waals surface area contributed by atoms with E-state index in [9.17, 15) is 19.6 Å². The summed E-state index contributed by atoms with van der Waals surface area (Å²) in [6.07, 6.45) is 0. The Labute approximate surface area is 143 Å². The molecule has 122 valence electrons. The van der Waals surface area contributed by atoms with Gasteiger partial charge in [-0.2, -0.15) is 5.26 Å². The molecule has 0 unspecified atom stereocenters. The second-order valence-electron chi connectivity index (χ2n) is 5.31. The first-order valence-corrected chi connectivity index (χ1v) is 8.12. The highest BCUT2D eigenvalue weighted by atomic mass is 32.1. The van der Waals surface area contributed by atoms with Crippen LogP contribution in [0.15, 0.2) is 36.4 Å². The number of nitrogens with zero attached hydrogens (tertiary/aromatic N) is 1. The van der Waals surface area contributed by atoms with Crippen molar-refractivity contribution in [2.45, 2.75) is 20.4 Å². The standard InChI is InChI=1S/C18H16N2O3S/c1-11-3-8-16(24-11)18(23)15(9-19)17(22)14-6-4-13(5-7-14)10-20-12(2)21/h3-8,15H,10H2,1-2H3,(H,20,21)/t15-/m1/s1. The third kappa shape index (κ3) is 4.15. The molecule has 0 spiro atoms. The van der Waals surface area contributed by atoms with E-state index in [1.165, 1.54) is 18.3 Å². The third-order valence-electron chi connectivity index (χ3n) is 3.42. The number of nitrogens with one attached hydrogen (secondary N) is 1. The molecule has 6 heteroatoms. The quantitative estimate of drug-likeness (QED) is 0.647. The zero-order chi connectivity index (χ0) is 17.7. The number of carbonyl (C=O) groups is 3. The number of hydrogen-bond donors (Lipinski definition) is 1. The Kier molecular flexibility index (Phi) is 5.61. The first kappa shape index (κ1) is 17.6. The van der Waals surface area contributed by atoms with Gasteiger partial charge in [0.2, 0.25) is 5.91 Å². The fourth-order valence-electron chi connectivity index (χ4n) is 2.13. The third-order valence-corrected chi connectivity index (χ3v) is 4.43. The Bertz CT molecular complexity index is 816. The van der Waals surface area contributed by atoms with Crippen LogP contribution < -0.4 is 5.32 Å². The molecule has 1 N–H and O–H groups in total. The van der Waals surface area contributed by atoms with E-state index in [2.05, 4.69) is 5.32 Å². The predicted molar refractivity (Wildman–Crippen MR) is 90.8 cm³/mol. The lowest BCUT2D eigenvalue weighted by Crippen LogP contribution is -2.22. The lowest BCUT2D eigenvalue weighted by Gasteiger charge is -2.08. The van der Waals surface area contributed by atoms with Gasteiger partial charge in [-0.25, -0.2) is 0 Å². The number of carbonyl (C=O) groups excluding carboxylic acids is 3. The predicted octanol–water partition coefficient (Wildman–Crippen LogP) is 2.90. The van der Waals surface area contributed by atoms with Crippen LogP contribution in [-0.2, 0) is 11.3 Å². The van der Waals surface area contributed by atoms with E-state index in [1.807, 2.05) is 13.0 Å². The van der Waals surface area contributed by atoms with E-state index in [4.69, 9.17) is 0 Å². The second-order valence-corrected chi connectivity index (χ2v) is 6.60. The summed E-state index contributed by atoms with van der Waals surface area (Å²) in [6, 6.07) is 11.8. The normalized spacial score (nSPS) is 11.4. The molecule has 24 heavy (non-hydrogen) atoms. The molecule has 0 fully saturated rings. The molecule has 0 radical (unpaired) electrons. The molecule has 1 aromatic heterocycles. The van der Waals surface area contributed by atoms with Gasteiger partial charge >= 0.3 is 0 Å². The van der Waals surface area contributed by atoms with E-state index in [1.54, 1.807) is 36.4 Å². The van der Waals surface area contributed by atoms with Gasteiger partial charge in [0.05, 0.1) is 10.9 Å². The van der Waals surface area contributed by atoms with Gasteiger partial charge in [0.25, 0.3) is 0 Å². The summed E-state index contributed by atoms with van der Waals surface area (Å²) in [4.78, 5) is 37.1. The maximum absolute atomic E-state index is 12.5. The van der Waals surface area contributed by atoms with Crippen molar-refractivity contribution in [1.29, 1.82) is 5.26 Å². The van der Waals surface area contributed by atoms with Gasteiger partial charge in [-0.05, 0) is 24.6 Å². The number of aryl methyl sites for hydroxylation is 1. The number of amides is 1. The minimum atomic E-state index is -1.34. The zero-order valence-electron chi connectivity index (χ0n) is 13.3. The highest BCUT2D eigenvalue weighted by Crippen LogP contribution is 2.21. The van der Waals surface area contributed by atoms with Crippen LogP contribution in [0.5, 0.6) is 0 Å². The van der Waals surface area contributed by atoms with Gasteiger partial charge in [0.1, 0.15) is 0 Å². The number of benzene rings is 1. The van der Waals surface area contributed by atoms with Gasteiger partial charge < -0.3 is 5.32 Å². The van der Waals surface area contributed by atoms with Crippen molar-refractivity contribution in [3.8, 4) is 6.07 Å². The van der Waals surface area contributed by atoms with Crippen molar-refractivity contribution in [2.75, 3.05) is 0 Å². The van der Waals surface area contributed by atoms with Gasteiger partial charge in [-0.1, -0.05) is 24.3 Å². The van der Waals surface area contributed by atoms with Crippen LogP contribution in [0.3, 0.4) is 0 Å². The first-order chi connectivity index (χ1) is 11.4. The van der Waals surface area contributed by atoms with Crippen molar-refractivity contribution in [2.24, 2.45) is 5.92 Å². The molecule has 0 aliphatic carbocycles. The Morgan fingerprint density at radius 3 is 2.29 bits per heavy atom. The summed E-state index contributed by atoms with van der Waals surface area (Å²) in [7, 11) is 0. The van der Waals surface area contributed by atoms with E-state index >= 15 is 0 Å². The van der Waals surface area contributed by atoms with Crippen molar-refractivity contribution >= 4 is 28.8 Å². The smallest absolute Gasteiger partial charge is 0.217 e. The molecule has 5 nitrogen and oxygen atoms in total. The minimum Gasteiger partial charge on any atom is -0.352 e. The van der Waals surface area contributed by atoms with Crippen LogP contribution in [0, 0.1) is 24.2 Å².